The molecule has 0 spiro atoms. The minimum Gasteiger partial charge on any atom is -0.453 e. The summed E-state index contributed by atoms with van der Waals surface area (Å²) in [5, 5.41) is 8.83. The number of alkyl halides is 2. The zero-order chi connectivity index (χ0) is 16.3. The Morgan fingerprint density at radius 2 is 2.00 bits per heavy atom. The molecule has 0 aliphatic carbocycles. The first-order chi connectivity index (χ1) is 10.5. The number of halogens is 4. The Bertz CT molecular complexity index is 744. The second-order valence-corrected chi connectivity index (χ2v) is 4.77. The second-order valence-electron chi connectivity index (χ2n) is 4.36. The fourth-order valence-corrected chi connectivity index (χ4v) is 2.00. The van der Waals surface area contributed by atoms with E-state index in [0.717, 1.165) is 12.1 Å². The van der Waals surface area contributed by atoms with Crippen molar-refractivity contribution in [1.82, 2.24) is 0 Å². The molecule has 0 saturated heterocycles. The largest absolute Gasteiger partial charge is 0.453 e. The normalized spacial score (nSPS) is 10.6. The molecule has 7 heteroatoms. The zero-order valence-electron chi connectivity index (χ0n) is 11.1. The first kappa shape index (κ1) is 16.1. The second kappa shape index (κ2) is 6.69. The van der Waals surface area contributed by atoms with Gasteiger partial charge in [-0.25, -0.2) is 13.2 Å². The molecule has 3 nitrogen and oxygen atoms in total. The molecule has 2 N–H and O–H groups in total. The van der Waals surface area contributed by atoms with Gasteiger partial charge in [0.05, 0.1) is 16.7 Å². The average Bonchev–Trinajstić information content (AvgIpc) is 2.51. The van der Waals surface area contributed by atoms with Gasteiger partial charge in [-0.1, -0.05) is 17.7 Å². The molecule has 0 saturated carbocycles. The van der Waals surface area contributed by atoms with Crippen LogP contribution in [0.2, 0.25) is 5.02 Å². The predicted octanol–water partition coefficient (Wildman–Crippen LogP) is 4.54. The molecule has 114 valence electrons. The standard InChI is InChI=1S/C15H10ClF3N2O/c16-12-2-1-9(7-21)13(17)14(12)22-11-4-8(6-20)3-10(5-11)15(18)19/h1-5,15H,7,21H2. The highest BCUT2D eigenvalue weighted by atomic mass is 35.5. The van der Waals surface area contributed by atoms with Crippen molar-refractivity contribution < 1.29 is 17.9 Å². The van der Waals surface area contributed by atoms with Crippen LogP contribution >= 0.6 is 11.6 Å². The zero-order valence-corrected chi connectivity index (χ0v) is 11.9. The monoisotopic (exact) mass is 326 g/mol. The molecule has 0 fully saturated rings. The van der Waals surface area contributed by atoms with Crippen molar-refractivity contribution in [3.8, 4) is 17.6 Å². The Hall–Kier alpha value is -2.23. The van der Waals surface area contributed by atoms with Crippen LogP contribution in [0.5, 0.6) is 11.5 Å². The topological polar surface area (TPSA) is 59.0 Å². The Kier molecular flexibility index (Phi) is 4.91. The maximum Gasteiger partial charge on any atom is 0.264 e. The molecule has 2 rings (SSSR count). The smallest absolute Gasteiger partial charge is 0.264 e. The lowest BCUT2D eigenvalue weighted by Crippen LogP contribution is -2.02. The first-order valence-electron chi connectivity index (χ1n) is 6.14. The number of benzene rings is 2. The highest BCUT2D eigenvalue weighted by Gasteiger charge is 2.16. The predicted molar refractivity (Wildman–Crippen MR) is 75.5 cm³/mol. The number of hydrogen-bond donors (Lipinski definition) is 1. The maximum atomic E-state index is 14.2. The van der Waals surface area contributed by atoms with Gasteiger partial charge in [0.15, 0.2) is 11.6 Å². The van der Waals surface area contributed by atoms with Gasteiger partial charge in [-0.2, -0.15) is 5.26 Å². The van der Waals surface area contributed by atoms with Crippen LogP contribution in [-0.2, 0) is 6.54 Å². The molecule has 0 aromatic heterocycles. The van der Waals surface area contributed by atoms with Crippen LogP contribution in [0.15, 0.2) is 30.3 Å². The molecule has 0 unspecified atom stereocenters. The minimum atomic E-state index is -2.79. The summed E-state index contributed by atoms with van der Waals surface area (Å²) in [6, 6.07) is 7.81. The fourth-order valence-electron chi connectivity index (χ4n) is 1.81. The quantitative estimate of drug-likeness (QED) is 0.897. The molecule has 2 aromatic carbocycles. The third-order valence-electron chi connectivity index (χ3n) is 2.88. The van der Waals surface area contributed by atoms with Crippen molar-refractivity contribution in [2.75, 3.05) is 0 Å². The highest BCUT2D eigenvalue weighted by molar-refractivity contribution is 6.32. The molecule has 0 bridgehead atoms. The van der Waals surface area contributed by atoms with E-state index in [2.05, 4.69) is 0 Å². The fraction of sp³-hybridized carbons (Fsp3) is 0.133. The van der Waals surface area contributed by atoms with Gasteiger partial charge < -0.3 is 10.5 Å². The molecule has 0 amide bonds. The molecular weight excluding hydrogens is 317 g/mol. The Morgan fingerprint density at radius 1 is 1.27 bits per heavy atom. The Morgan fingerprint density at radius 3 is 2.59 bits per heavy atom. The van der Waals surface area contributed by atoms with E-state index in [4.69, 9.17) is 27.3 Å². The van der Waals surface area contributed by atoms with Crippen molar-refractivity contribution in [2.45, 2.75) is 13.0 Å². The van der Waals surface area contributed by atoms with Crippen LogP contribution in [0, 0.1) is 17.1 Å². The van der Waals surface area contributed by atoms with E-state index in [1.807, 2.05) is 0 Å². The van der Waals surface area contributed by atoms with Crippen LogP contribution in [0.25, 0.3) is 0 Å². The van der Waals surface area contributed by atoms with Gasteiger partial charge in [0, 0.05) is 17.7 Å². The van der Waals surface area contributed by atoms with Crippen LogP contribution < -0.4 is 10.5 Å². The van der Waals surface area contributed by atoms with E-state index in [9.17, 15) is 13.2 Å². The number of nitrogens with two attached hydrogens (primary N) is 1. The van der Waals surface area contributed by atoms with Gasteiger partial charge in [0.1, 0.15) is 5.75 Å². The van der Waals surface area contributed by atoms with Gasteiger partial charge in [-0.15, -0.1) is 0 Å². The summed E-state index contributed by atoms with van der Waals surface area (Å²) >= 11 is 5.87. The Balaban J connectivity index is 2.47. The third kappa shape index (κ3) is 3.32. The summed E-state index contributed by atoms with van der Waals surface area (Å²) in [7, 11) is 0. The summed E-state index contributed by atoms with van der Waals surface area (Å²) in [6.45, 7) is -0.0696. The first-order valence-corrected chi connectivity index (χ1v) is 6.52. The number of hydrogen-bond acceptors (Lipinski definition) is 3. The number of rotatable bonds is 4. The van der Waals surface area contributed by atoms with Crippen molar-refractivity contribution in [3.63, 3.8) is 0 Å². The van der Waals surface area contributed by atoms with E-state index in [1.165, 1.54) is 18.2 Å². The number of ether oxygens (including phenoxy) is 1. The highest BCUT2D eigenvalue weighted by Crippen LogP contribution is 2.35. The summed E-state index contributed by atoms with van der Waals surface area (Å²) in [4.78, 5) is 0. The summed E-state index contributed by atoms with van der Waals surface area (Å²) in [5.74, 6) is -1.19. The van der Waals surface area contributed by atoms with Crippen molar-refractivity contribution in [3.05, 3.63) is 57.9 Å². The van der Waals surface area contributed by atoms with Gasteiger partial charge in [-0.3, -0.25) is 0 Å². The van der Waals surface area contributed by atoms with Crippen molar-refractivity contribution in [2.24, 2.45) is 5.73 Å². The molecule has 0 heterocycles. The van der Waals surface area contributed by atoms with Gasteiger partial charge in [-0.05, 0) is 24.3 Å². The minimum absolute atomic E-state index is 0.0284. The van der Waals surface area contributed by atoms with Crippen LogP contribution in [-0.4, -0.2) is 0 Å². The lowest BCUT2D eigenvalue weighted by Gasteiger charge is -2.12. The number of nitriles is 1. The van der Waals surface area contributed by atoms with Crippen LogP contribution in [0.4, 0.5) is 13.2 Å². The molecule has 0 atom stereocenters. The van der Waals surface area contributed by atoms with E-state index in [1.54, 1.807) is 6.07 Å². The lowest BCUT2D eigenvalue weighted by atomic mass is 10.1. The number of nitrogens with zero attached hydrogens (tertiary/aromatic N) is 1. The van der Waals surface area contributed by atoms with Crippen molar-refractivity contribution in [1.29, 1.82) is 5.26 Å². The van der Waals surface area contributed by atoms with Gasteiger partial charge >= 0.3 is 0 Å². The maximum absolute atomic E-state index is 14.2. The van der Waals surface area contributed by atoms with E-state index < -0.39 is 17.8 Å². The van der Waals surface area contributed by atoms with Crippen LogP contribution in [0.1, 0.15) is 23.1 Å². The van der Waals surface area contributed by atoms with Gasteiger partial charge in [0.2, 0.25) is 0 Å². The third-order valence-corrected chi connectivity index (χ3v) is 3.18. The van der Waals surface area contributed by atoms with Crippen LogP contribution in [0.3, 0.4) is 0 Å². The molecular formula is C15H10ClF3N2O. The van der Waals surface area contributed by atoms with Crippen molar-refractivity contribution >= 4 is 11.6 Å². The summed E-state index contributed by atoms with van der Waals surface area (Å²) in [6.07, 6.45) is -2.79. The molecule has 0 radical (unpaired) electrons. The summed E-state index contributed by atoms with van der Waals surface area (Å²) in [5.41, 5.74) is 5.13. The van der Waals surface area contributed by atoms with E-state index in [-0.39, 0.29) is 34.2 Å². The molecule has 2 aromatic rings. The molecule has 0 aliphatic heterocycles. The molecule has 22 heavy (non-hydrogen) atoms. The SMILES string of the molecule is N#Cc1cc(Oc2c(Cl)ccc(CN)c2F)cc(C(F)F)c1. The average molecular weight is 327 g/mol. The van der Waals surface area contributed by atoms with E-state index >= 15 is 0 Å². The summed E-state index contributed by atoms with van der Waals surface area (Å²) < 4.78 is 45.0. The lowest BCUT2D eigenvalue weighted by molar-refractivity contribution is 0.151. The molecule has 0 aliphatic rings. The Labute approximate surface area is 129 Å². The van der Waals surface area contributed by atoms with Gasteiger partial charge in [0.25, 0.3) is 6.43 Å². The van der Waals surface area contributed by atoms with E-state index in [0.29, 0.717) is 0 Å².